The van der Waals surface area contributed by atoms with Gasteiger partial charge in [-0.05, 0) is 155 Å². The largest absolute Gasteiger partial charge is 0.309 e. The summed E-state index contributed by atoms with van der Waals surface area (Å²) in [5, 5.41) is 4.95. The van der Waals surface area contributed by atoms with Crippen molar-refractivity contribution in [1.82, 2.24) is 9.13 Å². The zero-order valence-corrected chi connectivity index (χ0v) is 47.7. The molecule has 406 valence electrons. The second-order valence-electron chi connectivity index (χ2n) is 23.1. The van der Waals surface area contributed by atoms with E-state index in [0.717, 1.165) is 5.69 Å². The third-order valence-corrected chi connectivity index (χ3v) is 18.5. The Kier molecular flexibility index (Phi) is 11.8. The first-order chi connectivity index (χ1) is 43.2. The molecule has 17 rings (SSSR count). The van der Waals surface area contributed by atoms with Crippen molar-refractivity contribution < 1.29 is 0 Å². The lowest BCUT2D eigenvalue weighted by Crippen LogP contribution is -2.28. The fourth-order valence-corrected chi connectivity index (χ4v) is 14.5. The molecule has 1 aliphatic carbocycles. The quantitative estimate of drug-likeness (QED) is 0.129. The number of aromatic nitrogens is 2. The number of hydrogen-bond acceptors (Lipinski definition) is 0. The Balaban J connectivity index is 0.691. The Morgan fingerprint density at radius 2 is 0.575 bits per heavy atom. The molecule has 0 saturated heterocycles. The normalized spacial score (nSPS) is 12.5. The van der Waals surface area contributed by atoms with Crippen LogP contribution in [0.25, 0.3) is 133 Å². The average Bonchev–Trinajstić information content (AvgIpc) is 1.74. The van der Waals surface area contributed by atoms with E-state index in [1.54, 1.807) is 0 Å². The molecule has 0 N–H and O–H groups in total. The van der Waals surface area contributed by atoms with Gasteiger partial charge in [-0.15, -0.1) is 0 Å². The van der Waals surface area contributed by atoms with E-state index in [1.165, 1.54) is 149 Å². The van der Waals surface area contributed by atoms with Crippen LogP contribution in [0, 0.1) is 0 Å². The highest BCUT2D eigenvalue weighted by Crippen LogP contribution is 2.57. The number of rotatable bonds is 10. The summed E-state index contributed by atoms with van der Waals surface area (Å²) in [5.41, 5.74) is 28.6. The van der Waals surface area contributed by atoms with E-state index in [4.69, 9.17) is 0 Å². The number of fused-ring (bicyclic) bond motifs is 9. The van der Waals surface area contributed by atoms with E-state index in [2.05, 4.69) is 349 Å². The molecule has 2 nitrogen and oxygen atoms in total. The summed E-state index contributed by atoms with van der Waals surface area (Å²) < 4.78 is 4.86. The molecule has 14 aromatic carbocycles. The van der Waals surface area contributed by atoms with Gasteiger partial charge in [0.1, 0.15) is 0 Å². The summed E-state index contributed by atoms with van der Waals surface area (Å²) in [6.45, 7) is 0. The summed E-state index contributed by atoms with van der Waals surface area (Å²) in [7, 11) is 0. The Hall–Kier alpha value is -11.3. The average molecular weight is 1110 g/mol. The van der Waals surface area contributed by atoms with Gasteiger partial charge < -0.3 is 9.13 Å². The Labute approximate surface area is 506 Å². The first-order valence-corrected chi connectivity index (χ1v) is 30.1. The molecule has 0 radical (unpaired) electrons. The van der Waals surface area contributed by atoms with Crippen molar-refractivity contribution in [1.29, 1.82) is 0 Å². The summed E-state index contributed by atoms with van der Waals surface area (Å²) in [5.74, 6) is 0. The van der Waals surface area contributed by atoms with Crippen LogP contribution in [0.3, 0.4) is 0 Å². The minimum Gasteiger partial charge on any atom is -0.309 e. The van der Waals surface area contributed by atoms with Gasteiger partial charge in [0.25, 0.3) is 0 Å². The van der Waals surface area contributed by atoms with E-state index in [1.807, 2.05) is 0 Å². The van der Waals surface area contributed by atoms with E-state index in [9.17, 15) is 0 Å². The molecule has 2 heteroatoms. The van der Waals surface area contributed by atoms with Crippen LogP contribution < -0.4 is 0 Å². The van der Waals surface area contributed by atoms with Gasteiger partial charge in [-0.25, -0.2) is 0 Å². The lowest BCUT2D eigenvalue weighted by molar-refractivity contribution is 0.769. The van der Waals surface area contributed by atoms with Crippen molar-refractivity contribution in [2.24, 2.45) is 0 Å². The van der Waals surface area contributed by atoms with E-state index in [-0.39, 0.29) is 0 Å². The third kappa shape index (κ3) is 8.10. The highest BCUT2D eigenvalue weighted by Gasteiger charge is 2.46. The lowest BCUT2D eigenvalue weighted by Gasteiger charge is -2.34. The van der Waals surface area contributed by atoms with Gasteiger partial charge in [-0.3, -0.25) is 0 Å². The van der Waals surface area contributed by atoms with Crippen LogP contribution in [-0.4, -0.2) is 9.13 Å². The van der Waals surface area contributed by atoms with Crippen LogP contribution in [0.4, 0.5) is 0 Å². The van der Waals surface area contributed by atoms with Gasteiger partial charge in [0, 0.05) is 32.8 Å². The molecule has 1 aliphatic rings. The maximum Gasteiger partial charge on any atom is 0.0713 e. The fraction of sp³-hybridized carbons (Fsp3) is 0.0118. The summed E-state index contributed by atoms with van der Waals surface area (Å²) in [6, 6.07) is 125. The molecular formula is C85H56N2. The van der Waals surface area contributed by atoms with Crippen LogP contribution in [0.5, 0.6) is 0 Å². The topological polar surface area (TPSA) is 9.86 Å². The molecule has 0 bridgehead atoms. The molecule has 2 heterocycles. The maximum absolute atomic E-state index is 2.44. The van der Waals surface area contributed by atoms with Crippen molar-refractivity contribution >= 4 is 43.6 Å². The highest BCUT2D eigenvalue weighted by atomic mass is 15.0. The monoisotopic (exact) mass is 1100 g/mol. The van der Waals surface area contributed by atoms with Gasteiger partial charge >= 0.3 is 0 Å². The number of hydrogen-bond donors (Lipinski definition) is 0. The van der Waals surface area contributed by atoms with Crippen molar-refractivity contribution in [3.63, 3.8) is 0 Å². The SMILES string of the molecule is c1ccc(-c2ccccc2-c2ccc(C3(c4cccc(-c5ccc(-c6ccc(-n7c8ccccc8c8cc(-c9ccc%10c(c9)c9ccccc9n%10-c9ccccc9-c9ccccc9)ccc87)cc6)cc5)c4)c4ccccc4-c4ccccc43)cc2)cc1. The second-order valence-corrected chi connectivity index (χ2v) is 23.1. The van der Waals surface area contributed by atoms with Crippen molar-refractivity contribution in [3.05, 3.63) is 362 Å². The van der Waals surface area contributed by atoms with E-state index < -0.39 is 5.41 Å². The smallest absolute Gasteiger partial charge is 0.0713 e. The first kappa shape index (κ1) is 50.2. The molecule has 16 aromatic rings. The Morgan fingerprint density at radius 1 is 0.195 bits per heavy atom. The molecule has 0 amide bonds. The first-order valence-electron chi connectivity index (χ1n) is 30.1. The Bertz CT molecular complexity index is 5250. The Morgan fingerprint density at radius 3 is 1.16 bits per heavy atom. The van der Waals surface area contributed by atoms with Crippen molar-refractivity contribution in [2.75, 3.05) is 0 Å². The van der Waals surface area contributed by atoms with E-state index in [0.29, 0.717) is 0 Å². The van der Waals surface area contributed by atoms with Crippen LogP contribution >= 0.6 is 0 Å². The standard InChI is InChI=1S/C85H56N2/c1-3-20-60(21-4-1)69-26-7-8-27-70(69)62-42-48-66(49-43-62)85(78-33-14-9-29-72(78)73-30-10-15-34-79(73)85)67-25-19-24-63(54-67)59-40-38-57(39-41-59)58-44-50-68(51-45-58)86-81-36-17-12-31-74(81)76-55-64(46-52-83(76)86)65-47-53-84-77(56-65)75-32-13-18-37-82(75)87(84)80-35-16-11-28-71(80)61-22-5-2-6-23-61/h1-56H. The number of nitrogens with zero attached hydrogens (tertiary/aromatic N) is 2. The summed E-state index contributed by atoms with van der Waals surface area (Å²) in [6.07, 6.45) is 0. The number of benzene rings is 14. The predicted octanol–water partition coefficient (Wildman–Crippen LogP) is 22.2. The van der Waals surface area contributed by atoms with Crippen LogP contribution in [0.15, 0.2) is 340 Å². The summed E-state index contributed by atoms with van der Waals surface area (Å²) >= 11 is 0. The second kappa shape index (κ2) is 20.5. The minimum absolute atomic E-state index is 0.531. The molecule has 0 spiro atoms. The van der Waals surface area contributed by atoms with Crippen LogP contribution in [0.1, 0.15) is 22.3 Å². The molecule has 87 heavy (non-hydrogen) atoms. The van der Waals surface area contributed by atoms with E-state index >= 15 is 0 Å². The third-order valence-electron chi connectivity index (χ3n) is 18.5. The summed E-state index contributed by atoms with van der Waals surface area (Å²) in [4.78, 5) is 0. The van der Waals surface area contributed by atoms with Crippen molar-refractivity contribution in [3.8, 4) is 89.3 Å². The molecule has 0 atom stereocenters. The van der Waals surface area contributed by atoms with Crippen LogP contribution in [-0.2, 0) is 5.41 Å². The number of para-hydroxylation sites is 3. The van der Waals surface area contributed by atoms with Gasteiger partial charge in [0.05, 0.1) is 33.2 Å². The van der Waals surface area contributed by atoms with Gasteiger partial charge in [0.2, 0.25) is 0 Å². The minimum atomic E-state index is -0.531. The highest BCUT2D eigenvalue weighted by molar-refractivity contribution is 6.13. The zero-order valence-electron chi connectivity index (χ0n) is 47.7. The van der Waals surface area contributed by atoms with Gasteiger partial charge in [-0.1, -0.05) is 279 Å². The predicted molar refractivity (Wildman–Crippen MR) is 365 cm³/mol. The molecule has 0 unspecified atom stereocenters. The van der Waals surface area contributed by atoms with Crippen molar-refractivity contribution in [2.45, 2.75) is 5.41 Å². The molecule has 0 fully saturated rings. The van der Waals surface area contributed by atoms with Gasteiger partial charge in [-0.2, -0.15) is 0 Å². The lowest BCUT2D eigenvalue weighted by atomic mass is 9.67. The van der Waals surface area contributed by atoms with Crippen LogP contribution in [0.2, 0.25) is 0 Å². The zero-order chi connectivity index (χ0) is 57.4. The fourth-order valence-electron chi connectivity index (χ4n) is 14.5. The molecular weight excluding hydrogens is 1050 g/mol. The molecule has 0 aliphatic heterocycles. The molecule has 2 aromatic heterocycles. The molecule has 0 saturated carbocycles. The maximum atomic E-state index is 2.44. The van der Waals surface area contributed by atoms with Gasteiger partial charge in [0.15, 0.2) is 0 Å².